The van der Waals surface area contributed by atoms with Gasteiger partial charge in [-0.1, -0.05) is 11.6 Å². The van der Waals surface area contributed by atoms with Crippen LogP contribution in [0, 0.1) is 0 Å². The van der Waals surface area contributed by atoms with Crippen molar-refractivity contribution in [3.63, 3.8) is 0 Å². The van der Waals surface area contributed by atoms with Crippen LogP contribution in [0.2, 0.25) is 5.02 Å². The second kappa shape index (κ2) is 7.61. The van der Waals surface area contributed by atoms with Crippen LogP contribution in [-0.2, 0) is 14.3 Å². The Morgan fingerprint density at radius 2 is 1.95 bits per heavy atom. The van der Waals surface area contributed by atoms with Crippen LogP contribution in [0.25, 0.3) is 0 Å². The van der Waals surface area contributed by atoms with Crippen LogP contribution in [0.4, 0.5) is 5.69 Å². The number of carboxylic acids is 1. The van der Waals surface area contributed by atoms with Gasteiger partial charge in [0, 0.05) is 19.8 Å². The summed E-state index contributed by atoms with van der Waals surface area (Å²) in [5.74, 6) is -1.98. The van der Waals surface area contributed by atoms with Crippen molar-refractivity contribution in [1.29, 1.82) is 0 Å². The molecule has 7 nitrogen and oxygen atoms in total. The minimum absolute atomic E-state index is 0.255. The lowest BCUT2D eigenvalue weighted by Crippen LogP contribution is -2.23. The fourth-order valence-corrected chi connectivity index (χ4v) is 1.63. The molecule has 0 aliphatic heterocycles. The molecule has 0 aromatic heterocycles. The molecule has 0 radical (unpaired) electrons. The lowest BCUT2D eigenvalue weighted by molar-refractivity contribution is -0.143. The number of benzene rings is 1. The molecule has 8 heteroatoms. The first-order valence-electron chi connectivity index (χ1n) is 5.92. The molecule has 0 aliphatic carbocycles. The summed E-state index contributed by atoms with van der Waals surface area (Å²) in [7, 11) is 3.17. The number of carboxylic acid groups (broad SMARTS) is 1. The van der Waals surface area contributed by atoms with E-state index in [1.165, 1.54) is 23.1 Å². The summed E-state index contributed by atoms with van der Waals surface area (Å²) in [4.78, 5) is 35.0. The van der Waals surface area contributed by atoms with Crippen LogP contribution in [0.3, 0.4) is 0 Å². The number of hydrogen-bond donors (Lipinski definition) is 2. The minimum Gasteiger partial charge on any atom is -0.480 e. The third kappa shape index (κ3) is 5.41. The Hall–Kier alpha value is -2.12. The van der Waals surface area contributed by atoms with Gasteiger partial charge < -0.3 is 20.1 Å². The first-order valence-corrected chi connectivity index (χ1v) is 6.29. The predicted molar refractivity (Wildman–Crippen MR) is 76.6 cm³/mol. The highest BCUT2D eigenvalue weighted by Crippen LogP contribution is 2.21. The average Bonchev–Trinajstić information content (AvgIpc) is 2.39. The first kappa shape index (κ1) is 16.9. The van der Waals surface area contributed by atoms with Crippen molar-refractivity contribution in [3.8, 4) is 0 Å². The van der Waals surface area contributed by atoms with Crippen molar-refractivity contribution in [2.45, 2.75) is 0 Å². The summed E-state index contributed by atoms with van der Waals surface area (Å²) < 4.78 is 4.66. The van der Waals surface area contributed by atoms with E-state index < -0.39 is 25.1 Å². The summed E-state index contributed by atoms with van der Waals surface area (Å²) in [6.45, 7) is -0.954. The maximum atomic E-state index is 11.9. The third-order valence-electron chi connectivity index (χ3n) is 2.35. The van der Waals surface area contributed by atoms with Crippen LogP contribution < -0.4 is 5.32 Å². The molecule has 114 valence electrons. The number of rotatable bonds is 6. The molecule has 21 heavy (non-hydrogen) atoms. The largest absolute Gasteiger partial charge is 0.480 e. The highest BCUT2D eigenvalue weighted by Gasteiger charge is 2.14. The Bertz CT molecular complexity index is 559. The zero-order chi connectivity index (χ0) is 16.0. The van der Waals surface area contributed by atoms with Gasteiger partial charge in [0.25, 0.3) is 5.91 Å². The van der Waals surface area contributed by atoms with Gasteiger partial charge in [0.15, 0.2) is 0 Å². The van der Waals surface area contributed by atoms with Gasteiger partial charge in [0.1, 0.15) is 13.2 Å². The number of halogens is 1. The lowest BCUT2D eigenvalue weighted by Gasteiger charge is -2.13. The number of amides is 2. The van der Waals surface area contributed by atoms with E-state index in [2.05, 4.69) is 10.1 Å². The smallest absolute Gasteiger partial charge is 0.329 e. The van der Waals surface area contributed by atoms with Gasteiger partial charge in [-0.25, -0.2) is 4.79 Å². The second-order valence-electron chi connectivity index (χ2n) is 4.33. The molecule has 0 saturated carbocycles. The van der Waals surface area contributed by atoms with Gasteiger partial charge in [0.2, 0.25) is 5.91 Å². The molecular weight excluding hydrogens is 300 g/mol. The number of nitrogens with zero attached hydrogens (tertiary/aromatic N) is 1. The zero-order valence-corrected chi connectivity index (χ0v) is 12.3. The molecule has 0 fully saturated rings. The Labute approximate surface area is 126 Å². The number of aliphatic carboxylic acids is 1. The molecule has 1 rings (SSSR count). The molecular formula is C13H15ClN2O5. The van der Waals surface area contributed by atoms with Gasteiger partial charge in [-0.05, 0) is 18.2 Å². The summed E-state index contributed by atoms with van der Waals surface area (Å²) in [5, 5.41) is 11.1. The molecule has 0 spiro atoms. The Kier molecular flexibility index (Phi) is 6.13. The van der Waals surface area contributed by atoms with Crippen LogP contribution in [-0.4, -0.2) is 55.1 Å². The quantitative estimate of drug-likeness (QED) is 0.819. The molecule has 0 atom stereocenters. The van der Waals surface area contributed by atoms with Crippen LogP contribution in [0.5, 0.6) is 0 Å². The molecule has 2 N–H and O–H groups in total. The lowest BCUT2D eigenvalue weighted by atomic mass is 10.1. The number of ether oxygens (including phenoxy) is 1. The van der Waals surface area contributed by atoms with Crippen molar-refractivity contribution in [3.05, 3.63) is 28.8 Å². The number of nitrogens with one attached hydrogen (secondary N) is 1. The van der Waals surface area contributed by atoms with E-state index in [0.717, 1.165) is 0 Å². The van der Waals surface area contributed by atoms with Gasteiger partial charge >= 0.3 is 5.97 Å². The van der Waals surface area contributed by atoms with E-state index in [1.807, 2.05) is 0 Å². The van der Waals surface area contributed by atoms with Gasteiger partial charge in [0.05, 0.1) is 10.6 Å². The number of carbonyl (C=O) groups excluding carboxylic acids is 2. The van der Waals surface area contributed by atoms with Crippen LogP contribution >= 0.6 is 11.6 Å². The topological polar surface area (TPSA) is 95.9 Å². The third-order valence-corrected chi connectivity index (χ3v) is 2.67. The fraction of sp³-hybridized carbons (Fsp3) is 0.308. The van der Waals surface area contributed by atoms with Crippen molar-refractivity contribution in [2.24, 2.45) is 0 Å². The second-order valence-corrected chi connectivity index (χ2v) is 4.74. The highest BCUT2D eigenvalue weighted by molar-refractivity contribution is 6.34. The maximum Gasteiger partial charge on any atom is 0.329 e. The SMILES string of the molecule is CN(C)C(=O)c1cc(NC(=O)COCC(=O)O)ccc1Cl. The summed E-state index contributed by atoms with van der Waals surface area (Å²) in [6.07, 6.45) is 0. The van der Waals surface area contributed by atoms with Crippen molar-refractivity contribution >= 4 is 35.1 Å². The number of anilines is 1. The molecule has 0 aliphatic rings. The van der Waals surface area contributed by atoms with Crippen molar-refractivity contribution < 1.29 is 24.2 Å². The standard InChI is InChI=1S/C13H15ClN2O5/c1-16(2)13(20)9-5-8(3-4-10(9)14)15-11(17)6-21-7-12(18)19/h3-5H,6-7H2,1-2H3,(H,15,17)(H,18,19). The highest BCUT2D eigenvalue weighted by atomic mass is 35.5. The molecule has 1 aromatic carbocycles. The molecule has 2 amide bonds. The van der Waals surface area contributed by atoms with E-state index in [0.29, 0.717) is 5.69 Å². The fourth-order valence-electron chi connectivity index (χ4n) is 1.44. The van der Waals surface area contributed by atoms with Gasteiger partial charge in [-0.15, -0.1) is 0 Å². The van der Waals surface area contributed by atoms with Gasteiger partial charge in [-0.2, -0.15) is 0 Å². The van der Waals surface area contributed by atoms with E-state index in [9.17, 15) is 14.4 Å². The Morgan fingerprint density at radius 1 is 1.29 bits per heavy atom. The number of hydrogen-bond acceptors (Lipinski definition) is 4. The first-order chi connectivity index (χ1) is 9.81. The van der Waals surface area contributed by atoms with E-state index >= 15 is 0 Å². The molecule has 1 aromatic rings. The predicted octanol–water partition coefficient (Wildman–Crippen LogP) is 1.08. The molecule has 0 bridgehead atoms. The van der Waals surface area contributed by atoms with E-state index in [4.69, 9.17) is 16.7 Å². The van der Waals surface area contributed by atoms with Gasteiger partial charge in [-0.3, -0.25) is 9.59 Å². The van der Waals surface area contributed by atoms with E-state index in [1.54, 1.807) is 14.1 Å². The Balaban J connectivity index is 2.72. The Morgan fingerprint density at radius 3 is 2.52 bits per heavy atom. The van der Waals surface area contributed by atoms with Crippen molar-refractivity contribution in [1.82, 2.24) is 4.90 Å². The van der Waals surface area contributed by atoms with Crippen molar-refractivity contribution in [2.75, 3.05) is 32.6 Å². The monoisotopic (exact) mass is 314 g/mol. The maximum absolute atomic E-state index is 11.9. The van der Waals surface area contributed by atoms with Crippen LogP contribution in [0.15, 0.2) is 18.2 Å². The van der Waals surface area contributed by atoms with Crippen LogP contribution in [0.1, 0.15) is 10.4 Å². The zero-order valence-electron chi connectivity index (χ0n) is 11.6. The average molecular weight is 315 g/mol. The molecule has 0 saturated heterocycles. The summed E-state index contributed by atoms with van der Waals surface area (Å²) in [6, 6.07) is 4.47. The van der Waals surface area contributed by atoms with E-state index in [-0.39, 0.29) is 16.5 Å². The minimum atomic E-state index is -1.16. The summed E-state index contributed by atoms with van der Waals surface area (Å²) in [5.41, 5.74) is 0.624. The normalized spacial score (nSPS) is 10.0. The molecule has 0 unspecified atom stereocenters. The molecule has 0 heterocycles. The summed E-state index contributed by atoms with van der Waals surface area (Å²) >= 11 is 5.94. The number of carbonyl (C=O) groups is 3.